The summed E-state index contributed by atoms with van der Waals surface area (Å²) in [6.45, 7) is 1.52. The first-order valence-electron chi connectivity index (χ1n) is 10.4. The molecule has 4 rings (SSSR count). The minimum atomic E-state index is 0.104. The lowest BCUT2D eigenvalue weighted by Gasteiger charge is -2.18. The second kappa shape index (κ2) is 9.59. The van der Waals surface area contributed by atoms with Gasteiger partial charge in [0.1, 0.15) is 11.5 Å². The van der Waals surface area contributed by atoms with Gasteiger partial charge in [0.2, 0.25) is 5.91 Å². The molecule has 1 fully saturated rings. The third-order valence-corrected chi connectivity index (χ3v) is 5.62. The van der Waals surface area contributed by atoms with Crippen LogP contribution in [0.3, 0.4) is 0 Å². The normalized spacial score (nSPS) is 15.8. The van der Waals surface area contributed by atoms with Crippen LogP contribution in [0.4, 0.5) is 0 Å². The molecule has 1 aromatic carbocycles. The number of hydrogen-bond acceptors (Lipinski definition) is 7. The Labute approximate surface area is 181 Å². The van der Waals surface area contributed by atoms with Gasteiger partial charge in [-0.2, -0.15) is 4.98 Å². The summed E-state index contributed by atoms with van der Waals surface area (Å²) in [5, 5.41) is 4.08. The highest BCUT2D eigenvalue weighted by Gasteiger charge is 2.27. The molecule has 8 nitrogen and oxygen atoms in total. The number of aromatic nitrogens is 3. The number of amides is 1. The lowest BCUT2D eigenvalue weighted by atomic mass is 10.0. The van der Waals surface area contributed by atoms with Crippen molar-refractivity contribution in [2.24, 2.45) is 5.92 Å². The van der Waals surface area contributed by atoms with Gasteiger partial charge in [-0.05, 0) is 49.1 Å². The van der Waals surface area contributed by atoms with E-state index >= 15 is 0 Å². The summed E-state index contributed by atoms with van der Waals surface area (Å²) in [5.74, 6) is 3.12. The van der Waals surface area contributed by atoms with Crippen LogP contribution in [0.1, 0.15) is 24.2 Å². The molecule has 3 aromatic rings. The second-order valence-corrected chi connectivity index (χ2v) is 7.65. The number of hydrogen-bond donors (Lipinski definition) is 0. The number of methoxy groups -OCH3 is 2. The lowest BCUT2D eigenvalue weighted by Crippen LogP contribution is -2.30. The molecule has 1 saturated heterocycles. The Balaban J connectivity index is 1.30. The fourth-order valence-corrected chi connectivity index (χ4v) is 3.88. The average Bonchev–Trinajstić information content (AvgIpc) is 3.48. The molecule has 0 bridgehead atoms. The van der Waals surface area contributed by atoms with Crippen LogP contribution in [-0.4, -0.2) is 53.2 Å². The van der Waals surface area contributed by atoms with Gasteiger partial charge in [-0.3, -0.25) is 9.78 Å². The van der Waals surface area contributed by atoms with Crippen molar-refractivity contribution < 1.29 is 18.8 Å². The molecule has 1 aliphatic rings. The van der Waals surface area contributed by atoms with Gasteiger partial charge >= 0.3 is 0 Å². The van der Waals surface area contributed by atoms with Crippen molar-refractivity contribution in [2.75, 3.05) is 27.3 Å². The smallest absolute Gasteiger partial charge is 0.259 e. The number of rotatable bonds is 8. The summed E-state index contributed by atoms with van der Waals surface area (Å²) in [6.07, 6.45) is 6.33. The average molecular weight is 422 g/mol. The molecular formula is C23H26N4O4. The molecule has 8 heteroatoms. The number of likely N-dealkylation sites (tertiary alicyclic amines) is 1. The van der Waals surface area contributed by atoms with Crippen LogP contribution in [-0.2, 0) is 17.6 Å². The number of carbonyl (C=O) groups excluding carboxylic acids is 1. The largest absolute Gasteiger partial charge is 0.497 e. The number of aryl methyl sites for hydroxylation is 1. The van der Waals surface area contributed by atoms with Crippen LogP contribution in [0, 0.1) is 5.92 Å². The van der Waals surface area contributed by atoms with Gasteiger partial charge in [0.05, 0.1) is 26.2 Å². The van der Waals surface area contributed by atoms with Gasteiger partial charge < -0.3 is 18.9 Å². The summed E-state index contributed by atoms with van der Waals surface area (Å²) in [7, 11) is 3.22. The molecule has 0 saturated carbocycles. The number of carbonyl (C=O) groups is 1. The van der Waals surface area contributed by atoms with Crippen molar-refractivity contribution >= 4 is 5.91 Å². The fraction of sp³-hybridized carbons (Fsp3) is 0.391. The third kappa shape index (κ3) is 5.02. The maximum Gasteiger partial charge on any atom is 0.259 e. The summed E-state index contributed by atoms with van der Waals surface area (Å²) < 4.78 is 16.0. The Morgan fingerprint density at radius 3 is 2.94 bits per heavy atom. The molecule has 2 aromatic heterocycles. The highest BCUT2D eigenvalue weighted by Crippen LogP contribution is 2.27. The quantitative estimate of drug-likeness (QED) is 0.551. The minimum absolute atomic E-state index is 0.104. The SMILES string of the molecule is COc1ccc(OC)c(CC(=O)N2CCC(CCc3noc(-c4cccnc4)n3)C2)c1. The highest BCUT2D eigenvalue weighted by molar-refractivity contribution is 5.80. The molecule has 1 aliphatic heterocycles. The zero-order valence-corrected chi connectivity index (χ0v) is 17.8. The monoisotopic (exact) mass is 422 g/mol. The van der Waals surface area contributed by atoms with E-state index in [4.69, 9.17) is 14.0 Å². The van der Waals surface area contributed by atoms with Gasteiger partial charge in [0, 0.05) is 37.5 Å². The van der Waals surface area contributed by atoms with Crippen LogP contribution in [0.15, 0.2) is 47.2 Å². The van der Waals surface area contributed by atoms with Crippen molar-refractivity contribution in [1.82, 2.24) is 20.0 Å². The third-order valence-electron chi connectivity index (χ3n) is 5.62. The standard InChI is InChI=1S/C23H26N4O4/c1-29-19-6-7-20(30-2)18(12-19)13-22(28)27-11-9-16(15-27)5-8-21-25-23(31-26-21)17-4-3-10-24-14-17/h3-4,6-7,10,12,14,16H,5,8-9,11,13,15H2,1-2H3. The van der Waals surface area contributed by atoms with E-state index in [9.17, 15) is 4.79 Å². The Morgan fingerprint density at radius 2 is 2.16 bits per heavy atom. The zero-order chi connectivity index (χ0) is 21.6. The van der Waals surface area contributed by atoms with Crippen molar-refractivity contribution in [1.29, 1.82) is 0 Å². The number of pyridine rings is 1. The Morgan fingerprint density at radius 1 is 1.26 bits per heavy atom. The van der Waals surface area contributed by atoms with Crippen molar-refractivity contribution in [2.45, 2.75) is 25.7 Å². The number of benzene rings is 1. The van der Waals surface area contributed by atoms with E-state index in [-0.39, 0.29) is 5.91 Å². The maximum absolute atomic E-state index is 12.8. The first-order chi connectivity index (χ1) is 15.2. The van der Waals surface area contributed by atoms with Gasteiger partial charge in [0.25, 0.3) is 5.89 Å². The summed E-state index contributed by atoms with van der Waals surface area (Å²) in [6, 6.07) is 9.25. The van der Waals surface area contributed by atoms with Crippen LogP contribution in [0.2, 0.25) is 0 Å². The van der Waals surface area contributed by atoms with Gasteiger partial charge in [0.15, 0.2) is 5.82 Å². The minimum Gasteiger partial charge on any atom is -0.497 e. The second-order valence-electron chi connectivity index (χ2n) is 7.65. The molecule has 3 heterocycles. The molecule has 1 atom stereocenters. The summed E-state index contributed by atoms with van der Waals surface area (Å²) >= 11 is 0. The predicted octanol–water partition coefficient (Wildman–Crippen LogP) is 3.17. The molecule has 0 radical (unpaired) electrons. The van der Waals surface area contributed by atoms with E-state index in [1.165, 1.54) is 0 Å². The molecule has 1 unspecified atom stereocenters. The summed E-state index contributed by atoms with van der Waals surface area (Å²) in [5.41, 5.74) is 1.65. The topological polar surface area (TPSA) is 90.6 Å². The predicted molar refractivity (Wildman–Crippen MR) is 114 cm³/mol. The molecule has 0 aliphatic carbocycles. The number of ether oxygens (including phenoxy) is 2. The molecule has 162 valence electrons. The Bertz CT molecular complexity index is 1020. The van der Waals surface area contributed by atoms with Gasteiger partial charge in [-0.1, -0.05) is 5.16 Å². The highest BCUT2D eigenvalue weighted by atomic mass is 16.5. The van der Waals surface area contributed by atoms with E-state index in [2.05, 4.69) is 15.1 Å². The van der Waals surface area contributed by atoms with Crippen LogP contribution >= 0.6 is 0 Å². The Kier molecular flexibility index (Phi) is 6.45. The van der Waals surface area contributed by atoms with Gasteiger partial charge in [-0.25, -0.2) is 0 Å². The molecule has 0 spiro atoms. The molecule has 0 N–H and O–H groups in total. The van der Waals surface area contributed by atoms with E-state index in [0.29, 0.717) is 35.6 Å². The maximum atomic E-state index is 12.8. The molecule has 1 amide bonds. The van der Waals surface area contributed by atoms with Crippen LogP contribution in [0.5, 0.6) is 11.5 Å². The molecule has 31 heavy (non-hydrogen) atoms. The van der Waals surface area contributed by atoms with Crippen molar-refractivity contribution in [3.05, 3.63) is 54.1 Å². The van der Waals surface area contributed by atoms with E-state index in [1.54, 1.807) is 26.6 Å². The van der Waals surface area contributed by atoms with Crippen molar-refractivity contribution in [3.8, 4) is 23.0 Å². The van der Waals surface area contributed by atoms with E-state index in [0.717, 1.165) is 43.5 Å². The number of nitrogens with zero attached hydrogens (tertiary/aromatic N) is 4. The Hall–Kier alpha value is -3.42. The van der Waals surface area contributed by atoms with Crippen LogP contribution < -0.4 is 9.47 Å². The van der Waals surface area contributed by atoms with Gasteiger partial charge in [-0.15, -0.1) is 0 Å². The first-order valence-corrected chi connectivity index (χ1v) is 10.4. The zero-order valence-electron chi connectivity index (χ0n) is 17.8. The lowest BCUT2D eigenvalue weighted by molar-refractivity contribution is -0.129. The summed E-state index contributed by atoms with van der Waals surface area (Å²) in [4.78, 5) is 23.3. The van der Waals surface area contributed by atoms with Crippen molar-refractivity contribution in [3.63, 3.8) is 0 Å². The molecular weight excluding hydrogens is 396 g/mol. The first kappa shape index (κ1) is 20.8. The van der Waals surface area contributed by atoms with E-state index in [1.807, 2.05) is 35.2 Å². The fourth-order valence-electron chi connectivity index (χ4n) is 3.88. The van der Waals surface area contributed by atoms with E-state index < -0.39 is 0 Å². The van der Waals surface area contributed by atoms with Crippen LogP contribution in [0.25, 0.3) is 11.5 Å².